The first-order valence-corrected chi connectivity index (χ1v) is 11.9. The van der Waals surface area contributed by atoms with Crippen molar-refractivity contribution in [1.29, 1.82) is 0 Å². The number of hydrogen-bond donors (Lipinski definition) is 2. The first kappa shape index (κ1) is 25.2. The summed E-state index contributed by atoms with van der Waals surface area (Å²) in [4.78, 5) is 20.7. The van der Waals surface area contributed by atoms with Gasteiger partial charge in [0.15, 0.2) is 0 Å². The zero-order valence-corrected chi connectivity index (χ0v) is 21.5. The third kappa shape index (κ3) is 4.66. The molecule has 35 heavy (non-hydrogen) atoms. The lowest BCUT2D eigenvalue weighted by Crippen LogP contribution is -2.31. The predicted molar refractivity (Wildman–Crippen MR) is 145 cm³/mol. The standard InChI is InChI=1S/C27H28ClN3O3.ClH/c1-16(28)21-15-31(24-14-25(32)19-6-4-5-7-20(19)26(21)24)27(33)23-13-17-12-18(8-9-22(17)29-23)34-11-10-30(2)3;/h4-9,12-14,16,21,29,32H,10-11,15H2,1-3H3;1H/t16-,21+;/m1./s1. The maximum absolute atomic E-state index is 13.7. The number of fused-ring (bicyclic) bond motifs is 4. The Bertz CT molecular complexity index is 1380. The van der Waals surface area contributed by atoms with Gasteiger partial charge in [-0.15, -0.1) is 24.0 Å². The highest BCUT2D eigenvalue weighted by atomic mass is 35.5. The molecule has 8 heteroatoms. The van der Waals surface area contributed by atoms with E-state index in [0.717, 1.165) is 39.5 Å². The molecule has 0 fully saturated rings. The van der Waals surface area contributed by atoms with Crippen molar-refractivity contribution in [2.24, 2.45) is 0 Å². The number of alkyl halides is 1. The summed E-state index contributed by atoms with van der Waals surface area (Å²) in [6.45, 7) is 3.83. The number of hydrogen-bond acceptors (Lipinski definition) is 4. The molecule has 1 amide bonds. The predicted octanol–water partition coefficient (Wildman–Crippen LogP) is 5.76. The van der Waals surface area contributed by atoms with Crippen molar-refractivity contribution in [3.63, 3.8) is 0 Å². The minimum atomic E-state index is -0.172. The summed E-state index contributed by atoms with van der Waals surface area (Å²) >= 11 is 6.59. The van der Waals surface area contributed by atoms with Crippen LogP contribution >= 0.6 is 24.0 Å². The van der Waals surface area contributed by atoms with Gasteiger partial charge in [-0.3, -0.25) is 4.79 Å². The van der Waals surface area contributed by atoms with Crippen LogP contribution in [0, 0.1) is 0 Å². The maximum atomic E-state index is 13.7. The number of aromatic nitrogens is 1. The number of phenols is 1. The normalized spacial score (nSPS) is 15.9. The van der Waals surface area contributed by atoms with Crippen LogP contribution < -0.4 is 9.64 Å². The Kier molecular flexibility index (Phi) is 7.17. The highest BCUT2D eigenvalue weighted by molar-refractivity contribution is 6.22. The molecule has 4 aromatic rings. The van der Waals surface area contributed by atoms with Crippen LogP contribution in [0.25, 0.3) is 21.7 Å². The SMILES string of the molecule is C[C@@H](Cl)[C@@H]1CN(C(=O)c2cc3cc(OCCN(C)C)ccc3[nH]2)c2cc(O)c3ccccc3c21.Cl. The summed E-state index contributed by atoms with van der Waals surface area (Å²) in [6.07, 6.45) is 0. The van der Waals surface area contributed by atoms with Gasteiger partial charge >= 0.3 is 0 Å². The molecule has 2 N–H and O–H groups in total. The molecule has 0 saturated heterocycles. The van der Waals surface area contributed by atoms with Crippen LogP contribution in [-0.2, 0) is 0 Å². The van der Waals surface area contributed by atoms with Crippen LogP contribution in [0.4, 0.5) is 5.69 Å². The Morgan fingerprint density at radius 3 is 2.66 bits per heavy atom. The zero-order valence-electron chi connectivity index (χ0n) is 19.9. The summed E-state index contributed by atoms with van der Waals surface area (Å²) in [7, 11) is 4.01. The number of nitrogens with zero attached hydrogens (tertiary/aromatic N) is 2. The molecule has 6 nitrogen and oxygen atoms in total. The van der Waals surface area contributed by atoms with Crippen molar-refractivity contribution in [2.45, 2.75) is 18.2 Å². The average Bonchev–Trinajstić information content (AvgIpc) is 3.40. The van der Waals surface area contributed by atoms with Crippen LogP contribution in [0.5, 0.6) is 11.5 Å². The number of carbonyl (C=O) groups is 1. The molecule has 2 atom stereocenters. The maximum Gasteiger partial charge on any atom is 0.274 e. The number of ether oxygens (including phenoxy) is 1. The van der Waals surface area contributed by atoms with E-state index in [1.807, 2.05) is 69.6 Å². The third-order valence-corrected chi connectivity index (χ3v) is 6.82. The van der Waals surface area contributed by atoms with E-state index in [1.54, 1.807) is 11.0 Å². The van der Waals surface area contributed by atoms with Crippen LogP contribution in [0.15, 0.2) is 54.6 Å². The Morgan fingerprint density at radius 2 is 1.94 bits per heavy atom. The molecule has 0 unspecified atom stereocenters. The second-order valence-electron chi connectivity index (χ2n) is 9.16. The molecule has 1 aromatic heterocycles. The summed E-state index contributed by atoms with van der Waals surface area (Å²) in [5, 5.41) is 13.1. The van der Waals surface area contributed by atoms with Crippen LogP contribution in [0.1, 0.15) is 28.9 Å². The smallest absolute Gasteiger partial charge is 0.274 e. The van der Waals surface area contributed by atoms with Gasteiger partial charge in [0.2, 0.25) is 0 Å². The topological polar surface area (TPSA) is 68.8 Å². The van der Waals surface area contributed by atoms with Gasteiger partial charge in [-0.05, 0) is 56.2 Å². The van der Waals surface area contributed by atoms with Crippen molar-refractivity contribution in [2.75, 3.05) is 38.7 Å². The van der Waals surface area contributed by atoms with Crippen molar-refractivity contribution in [1.82, 2.24) is 9.88 Å². The number of nitrogens with one attached hydrogen (secondary N) is 1. The number of amides is 1. The van der Waals surface area contributed by atoms with Crippen molar-refractivity contribution in [3.8, 4) is 11.5 Å². The number of aromatic amines is 1. The fourth-order valence-electron chi connectivity index (χ4n) is 4.74. The average molecular weight is 514 g/mol. The minimum absolute atomic E-state index is 0. The number of H-pyrrole nitrogens is 1. The zero-order chi connectivity index (χ0) is 24.0. The lowest BCUT2D eigenvalue weighted by Gasteiger charge is -2.18. The Morgan fingerprint density at radius 1 is 1.20 bits per heavy atom. The largest absolute Gasteiger partial charge is 0.507 e. The van der Waals surface area contributed by atoms with Gasteiger partial charge in [-0.2, -0.15) is 0 Å². The molecule has 0 saturated carbocycles. The Hall–Kier alpha value is -2.93. The molecule has 0 radical (unpaired) electrons. The van der Waals surface area contributed by atoms with Crippen LogP contribution in [-0.4, -0.2) is 60.1 Å². The number of halogens is 2. The molecular weight excluding hydrogens is 485 g/mol. The van der Waals surface area contributed by atoms with E-state index in [-0.39, 0.29) is 35.4 Å². The summed E-state index contributed by atoms with van der Waals surface area (Å²) < 4.78 is 5.84. The first-order valence-electron chi connectivity index (χ1n) is 11.4. The number of aromatic hydroxyl groups is 1. The van der Waals surface area contributed by atoms with Gasteiger partial charge in [0.1, 0.15) is 23.8 Å². The highest BCUT2D eigenvalue weighted by Gasteiger charge is 2.37. The van der Waals surface area contributed by atoms with Gasteiger partial charge in [-0.25, -0.2) is 0 Å². The number of phenolic OH excluding ortho intramolecular Hbond substituents is 1. The third-order valence-electron chi connectivity index (χ3n) is 6.51. The molecular formula is C27H29Cl2N3O3. The minimum Gasteiger partial charge on any atom is -0.507 e. The lowest BCUT2D eigenvalue weighted by atomic mass is 9.92. The number of likely N-dealkylation sites (N-methyl/N-ethyl adjacent to an activating group) is 1. The Balaban J connectivity index is 0.00000289. The van der Waals surface area contributed by atoms with Crippen molar-refractivity contribution >= 4 is 57.3 Å². The highest BCUT2D eigenvalue weighted by Crippen LogP contribution is 2.47. The van der Waals surface area contributed by atoms with Gasteiger partial charge < -0.3 is 24.6 Å². The molecule has 1 aliphatic rings. The second-order valence-corrected chi connectivity index (χ2v) is 9.85. The van der Waals surface area contributed by atoms with Crippen LogP contribution in [0.3, 0.4) is 0 Å². The molecule has 0 bridgehead atoms. The monoisotopic (exact) mass is 513 g/mol. The molecule has 184 valence electrons. The molecule has 0 spiro atoms. The number of rotatable bonds is 6. The van der Waals surface area contributed by atoms with Gasteiger partial charge in [-0.1, -0.05) is 24.3 Å². The molecule has 5 rings (SSSR count). The first-order chi connectivity index (χ1) is 16.3. The number of carbonyl (C=O) groups excluding carboxylic acids is 1. The van der Waals surface area contributed by atoms with E-state index < -0.39 is 0 Å². The fraction of sp³-hybridized carbons (Fsp3) is 0.296. The van der Waals surface area contributed by atoms with E-state index in [0.29, 0.717) is 24.5 Å². The number of benzene rings is 3. The van der Waals surface area contributed by atoms with E-state index in [9.17, 15) is 9.90 Å². The van der Waals surface area contributed by atoms with Crippen LogP contribution in [0.2, 0.25) is 0 Å². The lowest BCUT2D eigenvalue weighted by molar-refractivity contribution is 0.0984. The van der Waals surface area contributed by atoms with Gasteiger partial charge in [0.05, 0.1) is 5.69 Å². The van der Waals surface area contributed by atoms with Gasteiger partial charge in [0.25, 0.3) is 5.91 Å². The van der Waals surface area contributed by atoms with Crippen molar-refractivity contribution < 1.29 is 14.6 Å². The van der Waals surface area contributed by atoms with Crippen molar-refractivity contribution in [3.05, 3.63) is 65.9 Å². The summed E-state index contributed by atoms with van der Waals surface area (Å²) in [5.74, 6) is 0.742. The van der Waals surface area contributed by atoms with E-state index in [1.165, 1.54) is 0 Å². The van der Waals surface area contributed by atoms with Gasteiger partial charge in [0, 0.05) is 46.7 Å². The summed E-state index contributed by atoms with van der Waals surface area (Å²) in [5.41, 5.74) is 3.08. The molecule has 3 aromatic carbocycles. The quantitative estimate of drug-likeness (QED) is 0.321. The fourth-order valence-corrected chi connectivity index (χ4v) is 4.94. The van der Waals surface area contributed by atoms with E-state index in [2.05, 4.69) is 9.88 Å². The second kappa shape index (κ2) is 9.97. The molecule has 2 heterocycles. The molecule has 1 aliphatic heterocycles. The Labute approximate surface area is 215 Å². The summed E-state index contributed by atoms with van der Waals surface area (Å²) in [6, 6.07) is 17.0. The number of anilines is 1. The van der Waals surface area contributed by atoms with E-state index >= 15 is 0 Å². The molecule has 0 aliphatic carbocycles. The van der Waals surface area contributed by atoms with E-state index in [4.69, 9.17) is 16.3 Å².